The van der Waals surface area contributed by atoms with Gasteiger partial charge in [0.2, 0.25) is 5.91 Å². The molecule has 0 bridgehead atoms. The average Bonchev–Trinajstić information content (AvgIpc) is 2.79. The molecule has 2 aromatic rings. The smallest absolute Gasteiger partial charge is 0.475 e. The minimum absolute atomic E-state index is 0.00929. The minimum atomic E-state index is -5.08. The van der Waals surface area contributed by atoms with Gasteiger partial charge in [0.25, 0.3) is 5.91 Å². The highest BCUT2D eigenvalue weighted by Crippen LogP contribution is 2.42. The SMILES string of the molecule is Cc1cncc(C(=O)N2CCC3(CC2)CN(Cc2cccnc2)C3=O)c1.O=C(O)C(F)(F)F. The molecule has 1 spiro atoms. The summed E-state index contributed by atoms with van der Waals surface area (Å²) in [5, 5.41) is 7.12. The third-order valence-electron chi connectivity index (χ3n) is 5.70. The number of rotatable bonds is 3. The number of aryl methyl sites for hydroxylation is 1. The molecule has 8 nitrogen and oxygen atoms in total. The quantitative estimate of drug-likeness (QED) is 0.701. The fraction of sp³-hybridized carbons (Fsp3) is 0.409. The summed E-state index contributed by atoms with van der Waals surface area (Å²) in [6, 6.07) is 5.74. The predicted octanol–water partition coefficient (Wildman–Crippen LogP) is 2.68. The van der Waals surface area contributed by atoms with Crippen molar-refractivity contribution in [1.29, 1.82) is 0 Å². The highest BCUT2D eigenvalue weighted by Gasteiger charge is 2.53. The average molecular weight is 464 g/mol. The molecule has 0 radical (unpaired) electrons. The van der Waals surface area contributed by atoms with Crippen LogP contribution in [0.1, 0.15) is 34.3 Å². The van der Waals surface area contributed by atoms with Crippen molar-refractivity contribution in [1.82, 2.24) is 19.8 Å². The van der Waals surface area contributed by atoms with Gasteiger partial charge in [-0.3, -0.25) is 19.6 Å². The standard InChI is InChI=1S/C20H22N4O2.C2HF3O2/c1-15-9-17(12-22-10-15)18(25)23-7-4-20(5-8-23)14-24(19(20)26)13-16-3-2-6-21-11-16;3-2(4,5)1(6)7/h2-3,6,9-12H,4-5,7-8,13-14H2,1H3;(H,6,7). The summed E-state index contributed by atoms with van der Waals surface area (Å²) in [5.41, 5.74) is 2.38. The molecule has 0 aliphatic carbocycles. The normalized spacial score (nSPS) is 17.2. The summed E-state index contributed by atoms with van der Waals surface area (Å²) < 4.78 is 31.7. The monoisotopic (exact) mass is 464 g/mol. The van der Waals surface area contributed by atoms with E-state index in [-0.39, 0.29) is 17.2 Å². The molecule has 2 aliphatic rings. The van der Waals surface area contributed by atoms with Crippen molar-refractivity contribution in [2.75, 3.05) is 19.6 Å². The van der Waals surface area contributed by atoms with Gasteiger partial charge in [-0.2, -0.15) is 13.2 Å². The van der Waals surface area contributed by atoms with Crippen LogP contribution >= 0.6 is 0 Å². The Morgan fingerprint density at radius 1 is 1.15 bits per heavy atom. The number of hydrogen-bond donors (Lipinski definition) is 1. The number of nitrogens with zero attached hydrogens (tertiary/aromatic N) is 4. The van der Waals surface area contributed by atoms with E-state index in [9.17, 15) is 22.8 Å². The number of carbonyl (C=O) groups is 3. The number of alkyl halides is 3. The zero-order valence-corrected chi connectivity index (χ0v) is 17.9. The topological polar surface area (TPSA) is 104 Å². The first kappa shape index (κ1) is 24.1. The van der Waals surface area contributed by atoms with E-state index in [4.69, 9.17) is 9.90 Å². The molecule has 1 N–H and O–H groups in total. The lowest BCUT2D eigenvalue weighted by molar-refractivity contribution is -0.192. The van der Waals surface area contributed by atoms with Crippen molar-refractivity contribution >= 4 is 17.8 Å². The molecule has 0 atom stereocenters. The van der Waals surface area contributed by atoms with Gasteiger partial charge in [0, 0.05) is 51.0 Å². The molecule has 2 saturated heterocycles. The molecular formula is C22H23F3N4O4. The van der Waals surface area contributed by atoms with Crippen molar-refractivity contribution < 1.29 is 32.7 Å². The fourth-order valence-electron chi connectivity index (χ4n) is 3.95. The summed E-state index contributed by atoms with van der Waals surface area (Å²) in [6.07, 6.45) is 3.28. The maximum absolute atomic E-state index is 12.7. The van der Waals surface area contributed by atoms with Crippen LogP contribution < -0.4 is 0 Å². The first-order valence-corrected chi connectivity index (χ1v) is 10.2. The Hall–Kier alpha value is -3.50. The van der Waals surface area contributed by atoms with Crippen molar-refractivity contribution in [3.05, 3.63) is 59.7 Å². The van der Waals surface area contributed by atoms with Gasteiger partial charge in [0.05, 0.1) is 11.0 Å². The van der Waals surface area contributed by atoms with Crippen LogP contribution in [0.2, 0.25) is 0 Å². The van der Waals surface area contributed by atoms with E-state index in [1.807, 2.05) is 34.9 Å². The molecule has 2 aliphatic heterocycles. The van der Waals surface area contributed by atoms with Crippen molar-refractivity contribution in [3.63, 3.8) is 0 Å². The highest BCUT2D eigenvalue weighted by atomic mass is 19.4. The number of aliphatic carboxylic acids is 1. The lowest BCUT2D eigenvalue weighted by Crippen LogP contribution is -2.64. The lowest BCUT2D eigenvalue weighted by atomic mass is 9.71. The second kappa shape index (κ2) is 9.55. The maximum Gasteiger partial charge on any atom is 0.490 e. The van der Waals surface area contributed by atoms with Crippen LogP contribution in [0.3, 0.4) is 0 Å². The van der Waals surface area contributed by atoms with Crippen molar-refractivity contribution in [2.45, 2.75) is 32.5 Å². The molecule has 4 heterocycles. The van der Waals surface area contributed by atoms with Crippen molar-refractivity contribution in [3.8, 4) is 0 Å². The van der Waals surface area contributed by atoms with Crippen LogP contribution in [0.5, 0.6) is 0 Å². The number of carboxylic acids is 1. The summed E-state index contributed by atoms with van der Waals surface area (Å²) in [6.45, 7) is 4.57. The van der Waals surface area contributed by atoms with Gasteiger partial charge in [0.1, 0.15) is 0 Å². The van der Waals surface area contributed by atoms with Gasteiger partial charge < -0.3 is 14.9 Å². The molecule has 11 heteroatoms. The number of carbonyl (C=O) groups excluding carboxylic acids is 2. The maximum atomic E-state index is 12.7. The summed E-state index contributed by atoms with van der Waals surface area (Å²) in [4.78, 5) is 46.2. The van der Waals surface area contributed by atoms with Gasteiger partial charge in [-0.1, -0.05) is 6.07 Å². The van der Waals surface area contributed by atoms with Crippen LogP contribution in [0.25, 0.3) is 0 Å². The Morgan fingerprint density at radius 3 is 2.33 bits per heavy atom. The van der Waals surface area contributed by atoms with Crippen molar-refractivity contribution in [2.24, 2.45) is 5.41 Å². The highest BCUT2D eigenvalue weighted by molar-refractivity contribution is 5.94. The number of aromatic nitrogens is 2. The zero-order chi connectivity index (χ0) is 24.2. The number of likely N-dealkylation sites (tertiary alicyclic amines) is 2. The first-order valence-electron chi connectivity index (χ1n) is 10.2. The first-order chi connectivity index (χ1) is 15.5. The molecular weight excluding hydrogens is 441 g/mol. The number of pyridine rings is 2. The summed E-state index contributed by atoms with van der Waals surface area (Å²) in [7, 11) is 0. The third kappa shape index (κ3) is 5.65. The number of hydrogen-bond acceptors (Lipinski definition) is 5. The lowest BCUT2D eigenvalue weighted by Gasteiger charge is -2.52. The molecule has 176 valence electrons. The molecule has 2 fully saturated rings. The summed E-state index contributed by atoms with van der Waals surface area (Å²) >= 11 is 0. The number of amides is 2. The van der Waals surface area contributed by atoms with Crippen LogP contribution in [0.15, 0.2) is 43.0 Å². The third-order valence-corrected chi connectivity index (χ3v) is 5.70. The molecule has 0 aromatic carbocycles. The van der Waals surface area contributed by atoms with E-state index in [1.54, 1.807) is 24.8 Å². The fourth-order valence-corrected chi connectivity index (χ4v) is 3.95. The Kier molecular flexibility index (Phi) is 6.99. The second-order valence-corrected chi connectivity index (χ2v) is 8.15. The molecule has 0 unspecified atom stereocenters. The Balaban J connectivity index is 0.000000383. The number of carboxylic acid groups (broad SMARTS) is 1. The van der Waals surface area contributed by atoms with Crippen LogP contribution in [0.4, 0.5) is 13.2 Å². The molecule has 0 saturated carbocycles. The van der Waals surface area contributed by atoms with Gasteiger partial charge in [-0.15, -0.1) is 0 Å². The predicted molar refractivity (Wildman–Crippen MR) is 110 cm³/mol. The molecule has 2 amide bonds. The Bertz CT molecular complexity index is 1020. The Labute approximate surface area is 188 Å². The number of β-lactam (4-membered cyclic amide) rings is 1. The minimum Gasteiger partial charge on any atom is -0.475 e. The van der Waals surface area contributed by atoms with E-state index >= 15 is 0 Å². The zero-order valence-electron chi connectivity index (χ0n) is 17.9. The molecule has 2 aromatic heterocycles. The largest absolute Gasteiger partial charge is 0.490 e. The van der Waals surface area contributed by atoms with E-state index < -0.39 is 12.1 Å². The molecule has 4 rings (SSSR count). The van der Waals surface area contributed by atoms with Crippen LogP contribution in [0, 0.1) is 12.3 Å². The van der Waals surface area contributed by atoms with E-state index in [0.717, 1.165) is 30.5 Å². The van der Waals surface area contributed by atoms with Crippen LogP contribution in [-0.2, 0) is 16.1 Å². The molecule has 33 heavy (non-hydrogen) atoms. The van der Waals surface area contributed by atoms with E-state index in [1.165, 1.54) is 0 Å². The van der Waals surface area contributed by atoms with Gasteiger partial charge in [0.15, 0.2) is 0 Å². The van der Waals surface area contributed by atoms with Crippen LogP contribution in [-0.4, -0.2) is 68.5 Å². The van der Waals surface area contributed by atoms with Gasteiger partial charge >= 0.3 is 12.1 Å². The number of piperidine rings is 1. The second-order valence-electron chi connectivity index (χ2n) is 8.15. The number of halogens is 3. The van der Waals surface area contributed by atoms with E-state index in [0.29, 0.717) is 25.2 Å². The van der Waals surface area contributed by atoms with E-state index in [2.05, 4.69) is 9.97 Å². The van der Waals surface area contributed by atoms with Gasteiger partial charge in [-0.25, -0.2) is 4.79 Å². The Morgan fingerprint density at radius 2 is 1.82 bits per heavy atom. The summed E-state index contributed by atoms with van der Waals surface area (Å²) in [5.74, 6) is -2.53. The van der Waals surface area contributed by atoms with Gasteiger partial charge in [-0.05, 0) is 43.0 Å².